The number of allylic oxidation sites excluding steroid dienone is 1. The summed E-state index contributed by atoms with van der Waals surface area (Å²) in [4.78, 5) is 20.7. The third-order valence-corrected chi connectivity index (χ3v) is 3.59. The van der Waals surface area contributed by atoms with Crippen LogP contribution in [0.5, 0.6) is 0 Å². The van der Waals surface area contributed by atoms with Gasteiger partial charge in [-0.05, 0) is 37.6 Å². The van der Waals surface area contributed by atoms with Crippen molar-refractivity contribution in [2.75, 3.05) is 5.32 Å². The van der Waals surface area contributed by atoms with Gasteiger partial charge in [-0.15, -0.1) is 0 Å². The average molecular weight is 339 g/mol. The zero-order valence-electron chi connectivity index (χ0n) is 13.4. The number of benzene rings is 1. The predicted molar refractivity (Wildman–Crippen MR) is 99.6 cm³/mol. The number of pyridine rings is 1. The molecule has 0 spiro atoms. The predicted octanol–water partition coefficient (Wildman–Crippen LogP) is 3.61. The maximum absolute atomic E-state index is 12.4. The van der Waals surface area contributed by atoms with Gasteiger partial charge in [-0.1, -0.05) is 30.4 Å². The smallest absolute Gasteiger partial charge is 0.260 e. The number of hydrogen-bond acceptors (Lipinski definition) is 4. The summed E-state index contributed by atoms with van der Waals surface area (Å²) in [5, 5.41) is 12.5. The number of carbonyl (C=O) groups is 1. The summed E-state index contributed by atoms with van der Waals surface area (Å²) >= 11 is 5.19. The topological polar surface area (TPSA) is 74.6 Å². The minimum Gasteiger partial charge on any atom is -0.512 e. The Labute approximate surface area is 145 Å². The Morgan fingerprint density at radius 2 is 2.04 bits per heavy atom. The molecule has 1 heterocycles. The Balaban J connectivity index is 2.17. The second-order valence-corrected chi connectivity index (χ2v) is 5.46. The van der Waals surface area contributed by atoms with Crippen LogP contribution in [0.15, 0.2) is 65.1 Å². The lowest BCUT2D eigenvalue weighted by Crippen LogP contribution is -2.18. The van der Waals surface area contributed by atoms with Crippen molar-refractivity contribution in [1.29, 1.82) is 0 Å². The van der Waals surface area contributed by atoms with Crippen LogP contribution in [-0.4, -0.2) is 27.2 Å². The van der Waals surface area contributed by atoms with Gasteiger partial charge >= 0.3 is 0 Å². The monoisotopic (exact) mass is 339 g/mol. The van der Waals surface area contributed by atoms with Crippen molar-refractivity contribution in [3.05, 3.63) is 71.3 Å². The normalized spacial score (nSPS) is 11.9. The number of aliphatic imine (C=N–C) groups is 1. The first kappa shape index (κ1) is 17.5. The Kier molecular flexibility index (Phi) is 5.92. The fraction of sp³-hybridized carbons (Fsp3) is 0.111. The van der Waals surface area contributed by atoms with Crippen molar-refractivity contribution in [3.8, 4) is 0 Å². The van der Waals surface area contributed by atoms with Crippen molar-refractivity contribution in [2.45, 2.75) is 13.8 Å². The van der Waals surface area contributed by atoms with Crippen molar-refractivity contribution < 1.29 is 9.90 Å². The number of anilines is 1. The van der Waals surface area contributed by atoms with E-state index in [0.29, 0.717) is 11.3 Å². The van der Waals surface area contributed by atoms with Crippen molar-refractivity contribution in [2.24, 2.45) is 4.99 Å². The van der Waals surface area contributed by atoms with Gasteiger partial charge in [-0.3, -0.25) is 9.78 Å². The molecule has 0 aliphatic heterocycles. The van der Waals surface area contributed by atoms with Gasteiger partial charge in [0, 0.05) is 29.9 Å². The van der Waals surface area contributed by atoms with Gasteiger partial charge in [0.2, 0.25) is 0 Å². The summed E-state index contributed by atoms with van der Waals surface area (Å²) in [5.41, 5.74) is 2.30. The molecule has 2 rings (SSSR count). The van der Waals surface area contributed by atoms with Gasteiger partial charge in [-0.25, -0.2) is 4.99 Å². The number of nitrogens with one attached hydrogen (secondary N) is 1. The number of aliphatic hydroxyl groups excluding tert-OH is 1. The third-order valence-electron chi connectivity index (χ3n) is 3.25. The number of carbonyl (C=O) groups excluding carboxylic acids is 1. The largest absolute Gasteiger partial charge is 0.512 e. The lowest BCUT2D eigenvalue weighted by atomic mass is 10.1. The highest BCUT2D eigenvalue weighted by Gasteiger charge is 2.12. The van der Waals surface area contributed by atoms with Crippen LogP contribution < -0.4 is 5.32 Å². The van der Waals surface area contributed by atoms with E-state index >= 15 is 0 Å². The molecule has 0 atom stereocenters. The minimum absolute atomic E-state index is 0.0458. The number of rotatable bonds is 4. The fourth-order valence-electron chi connectivity index (χ4n) is 1.91. The van der Waals surface area contributed by atoms with Gasteiger partial charge in [-0.2, -0.15) is 0 Å². The van der Waals surface area contributed by atoms with Crippen LogP contribution in [0.2, 0.25) is 0 Å². The lowest BCUT2D eigenvalue weighted by molar-refractivity contribution is -0.112. The van der Waals surface area contributed by atoms with E-state index in [1.54, 1.807) is 30.6 Å². The van der Waals surface area contributed by atoms with E-state index in [1.807, 2.05) is 25.1 Å². The van der Waals surface area contributed by atoms with E-state index in [2.05, 4.69) is 15.3 Å². The molecule has 0 aliphatic rings. The Hall–Kier alpha value is -2.86. The number of para-hydroxylation sites is 1. The first-order valence-electron chi connectivity index (χ1n) is 7.24. The van der Waals surface area contributed by atoms with Gasteiger partial charge in [0.25, 0.3) is 5.91 Å². The third kappa shape index (κ3) is 4.57. The first-order chi connectivity index (χ1) is 11.5. The molecule has 24 heavy (non-hydrogen) atoms. The Morgan fingerprint density at radius 1 is 1.29 bits per heavy atom. The number of aryl methyl sites for hydroxylation is 1. The molecule has 0 fully saturated rings. The van der Waals surface area contributed by atoms with E-state index in [0.717, 1.165) is 5.56 Å². The van der Waals surface area contributed by atoms with Gasteiger partial charge < -0.3 is 10.4 Å². The fourth-order valence-corrected chi connectivity index (χ4v) is 2.08. The summed E-state index contributed by atoms with van der Waals surface area (Å²) in [6.07, 6.45) is 4.48. The van der Waals surface area contributed by atoms with Crippen LogP contribution in [0.4, 0.5) is 5.69 Å². The highest BCUT2D eigenvalue weighted by atomic mass is 32.1. The van der Waals surface area contributed by atoms with Gasteiger partial charge in [0.05, 0.1) is 5.57 Å². The molecule has 1 amide bonds. The molecule has 122 valence electrons. The van der Waals surface area contributed by atoms with Crippen molar-refractivity contribution >= 4 is 35.0 Å². The zero-order valence-corrected chi connectivity index (χ0v) is 14.2. The van der Waals surface area contributed by atoms with Crippen LogP contribution in [-0.2, 0) is 4.79 Å². The number of amides is 1. The molecular weight excluding hydrogens is 322 g/mol. The minimum atomic E-state index is -0.456. The quantitative estimate of drug-likeness (QED) is 0.386. The van der Waals surface area contributed by atoms with Gasteiger partial charge in [0.1, 0.15) is 10.7 Å². The molecule has 1 aromatic heterocycles. The van der Waals surface area contributed by atoms with Crippen LogP contribution in [0, 0.1) is 6.92 Å². The maximum Gasteiger partial charge on any atom is 0.260 e. The molecule has 2 N–H and O–H groups in total. The van der Waals surface area contributed by atoms with E-state index in [9.17, 15) is 9.90 Å². The highest BCUT2D eigenvalue weighted by molar-refractivity contribution is 7.80. The molecular formula is C18H17N3O2S. The second-order valence-electron chi connectivity index (χ2n) is 5.07. The summed E-state index contributed by atoms with van der Waals surface area (Å²) in [6, 6.07) is 10.9. The number of aromatic nitrogens is 1. The zero-order chi connectivity index (χ0) is 17.5. The molecule has 0 bridgehead atoms. The molecule has 0 unspecified atom stereocenters. The Bertz CT molecular complexity index is 810. The van der Waals surface area contributed by atoms with E-state index < -0.39 is 5.91 Å². The molecule has 0 radical (unpaired) electrons. The second kappa shape index (κ2) is 8.12. The average Bonchev–Trinajstić information content (AvgIpc) is 2.57. The number of hydrogen-bond donors (Lipinski definition) is 2. The van der Waals surface area contributed by atoms with E-state index in [1.165, 1.54) is 13.1 Å². The van der Waals surface area contributed by atoms with Crippen LogP contribution >= 0.6 is 12.2 Å². The lowest BCUT2D eigenvalue weighted by Gasteiger charge is -2.09. The Morgan fingerprint density at radius 3 is 2.67 bits per heavy atom. The van der Waals surface area contributed by atoms with Crippen LogP contribution in [0.25, 0.3) is 0 Å². The molecule has 2 aromatic rings. The summed E-state index contributed by atoms with van der Waals surface area (Å²) in [6.45, 7) is 3.31. The van der Waals surface area contributed by atoms with Gasteiger partial charge in [0.15, 0.2) is 0 Å². The highest BCUT2D eigenvalue weighted by Crippen LogP contribution is 2.14. The molecule has 5 nitrogen and oxygen atoms in total. The van der Waals surface area contributed by atoms with Crippen molar-refractivity contribution in [1.82, 2.24) is 4.98 Å². The van der Waals surface area contributed by atoms with Crippen molar-refractivity contribution in [3.63, 3.8) is 0 Å². The van der Waals surface area contributed by atoms with Crippen LogP contribution in [0.1, 0.15) is 18.1 Å². The summed E-state index contributed by atoms with van der Waals surface area (Å²) in [5.74, 6) is -0.596. The molecule has 0 aliphatic carbocycles. The maximum atomic E-state index is 12.4. The standard InChI is InChI=1S/C18H17N3O2S/c1-12-6-3-4-8-16(12)21-17(23)15(13(2)22)11-20-18(24)14-7-5-9-19-10-14/h3-11,22H,1-2H3,(H,21,23)/b15-13+,20-11?. The van der Waals surface area contributed by atoms with E-state index in [-0.39, 0.29) is 16.3 Å². The molecule has 0 saturated heterocycles. The molecule has 1 aromatic carbocycles. The number of thiocarbonyl (C=S) groups is 1. The van der Waals surface area contributed by atoms with Crippen LogP contribution in [0.3, 0.4) is 0 Å². The summed E-state index contributed by atoms with van der Waals surface area (Å²) < 4.78 is 0. The molecule has 6 heteroatoms. The van der Waals surface area contributed by atoms with E-state index in [4.69, 9.17) is 12.2 Å². The number of nitrogens with zero attached hydrogens (tertiary/aromatic N) is 2. The SMILES string of the molecule is C/C(O)=C(/C=NC(=S)c1cccnc1)C(=O)Nc1ccccc1C. The summed E-state index contributed by atoms with van der Waals surface area (Å²) in [7, 11) is 0. The molecule has 0 saturated carbocycles. The number of aliphatic hydroxyl groups is 1. The first-order valence-corrected chi connectivity index (χ1v) is 7.65.